The molecule has 0 spiro atoms. The third-order valence-corrected chi connectivity index (χ3v) is 3.17. The van der Waals surface area contributed by atoms with Crippen molar-refractivity contribution in [2.45, 2.75) is 13.3 Å². The molecular weight excluding hydrogens is 252 g/mol. The van der Waals surface area contributed by atoms with Gasteiger partial charge in [-0.2, -0.15) is 20.1 Å². The van der Waals surface area contributed by atoms with E-state index in [1.54, 1.807) is 17.1 Å². The van der Waals surface area contributed by atoms with Crippen LogP contribution < -0.4 is 4.90 Å². The van der Waals surface area contributed by atoms with Gasteiger partial charge in [-0.3, -0.25) is 0 Å². The van der Waals surface area contributed by atoms with Gasteiger partial charge in [-0.15, -0.1) is 0 Å². The SMILES string of the molecule is CC1CCN(c2nc(Cl)nc(-n3cccn3)n2)C1. The molecule has 1 aliphatic heterocycles. The molecule has 2 aromatic rings. The molecule has 1 unspecified atom stereocenters. The average molecular weight is 265 g/mol. The Hall–Kier alpha value is -1.69. The van der Waals surface area contributed by atoms with Crippen LogP contribution in [0.3, 0.4) is 0 Å². The molecule has 3 rings (SSSR count). The second-order valence-corrected chi connectivity index (χ2v) is 4.83. The Morgan fingerprint density at radius 1 is 1.28 bits per heavy atom. The molecule has 94 valence electrons. The monoisotopic (exact) mass is 264 g/mol. The van der Waals surface area contributed by atoms with E-state index < -0.39 is 0 Å². The molecule has 1 aliphatic rings. The van der Waals surface area contributed by atoms with Crippen molar-refractivity contribution in [3.05, 3.63) is 23.7 Å². The highest BCUT2D eigenvalue weighted by Gasteiger charge is 2.22. The summed E-state index contributed by atoms with van der Waals surface area (Å²) in [5, 5.41) is 4.30. The van der Waals surface area contributed by atoms with Crippen LogP contribution >= 0.6 is 11.6 Å². The van der Waals surface area contributed by atoms with Crippen molar-refractivity contribution in [1.29, 1.82) is 0 Å². The number of halogens is 1. The van der Waals surface area contributed by atoms with Gasteiger partial charge in [-0.25, -0.2) is 4.68 Å². The van der Waals surface area contributed by atoms with Gasteiger partial charge in [0.2, 0.25) is 11.2 Å². The normalized spacial score (nSPS) is 19.4. The lowest BCUT2D eigenvalue weighted by molar-refractivity contribution is 0.657. The van der Waals surface area contributed by atoms with Crippen molar-refractivity contribution in [3.63, 3.8) is 0 Å². The molecule has 0 aromatic carbocycles. The van der Waals surface area contributed by atoms with Gasteiger partial charge in [0, 0.05) is 25.5 Å². The van der Waals surface area contributed by atoms with Crippen LogP contribution in [0.4, 0.5) is 5.95 Å². The molecule has 7 heteroatoms. The van der Waals surface area contributed by atoms with E-state index in [0.717, 1.165) is 19.5 Å². The summed E-state index contributed by atoms with van der Waals surface area (Å²) >= 11 is 5.95. The fourth-order valence-electron chi connectivity index (χ4n) is 2.08. The Balaban J connectivity index is 1.96. The highest BCUT2D eigenvalue weighted by Crippen LogP contribution is 2.21. The highest BCUT2D eigenvalue weighted by atomic mass is 35.5. The predicted molar refractivity (Wildman–Crippen MR) is 68.0 cm³/mol. The summed E-state index contributed by atoms with van der Waals surface area (Å²) < 4.78 is 1.58. The maximum Gasteiger partial charge on any atom is 0.256 e. The lowest BCUT2D eigenvalue weighted by atomic mass is 10.2. The molecule has 0 saturated carbocycles. The first-order valence-corrected chi connectivity index (χ1v) is 6.27. The molecule has 3 heterocycles. The number of nitrogens with zero attached hydrogens (tertiary/aromatic N) is 6. The van der Waals surface area contributed by atoms with Gasteiger partial charge in [-0.1, -0.05) is 6.92 Å². The zero-order valence-corrected chi connectivity index (χ0v) is 10.7. The van der Waals surface area contributed by atoms with E-state index in [1.165, 1.54) is 0 Å². The second-order valence-electron chi connectivity index (χ2n) is 4.49. The first-order chi connectivity index (χ1) is 8.72. The fraction of sp³-hybridized carbons (Fsp3) is 0.455. The van der Waals surface area contributed by atoms with Crippen LogP contribution in [-0.4, -0.2) is 37.8 Å². The second kappa shape index (κ2) is 4.53. The maximum atomic E-state index is 5.95. The Morgan fingerprint density at radius 3 is 2.78 bits per heavy atom. The molecule has 0 bridgehead atoms. The first kappa shape index (κ1) is 11.4. The first-order valence-electron chi connectivity index (χ1n) is 5.89. The Morgan fingerprint density at radius 2 is 2.11 bits per heavy atom. The molecule has 1 fully saturated rings. The largest absolute Gasteiger partial charge is 0.340 e. The summed E-state index contributed by atoms with van der Waals surface area (Å²) in [5.41, 5.74) is 0. The number of aromatic nitrogens is 5. The number of hydrogen-bond acceptors (Lipinski definition) is 5. The zero-order chi connectivity index (χ0) is 12.5. The lowest BCUT2D eigenvalue weighted by Gasteiger charge is -2.15. The van der Waals surface area contributed by atoms with Crippen LogP contribution in [-0.2, 0) is 0 Å². The highest BCUT2D eigenvalue weighted by molar-refractivity contribution is 6.28. The summed E-state index contributed by atoms with van der Waals surface area (Å²) in [4.78, 5) is 14.8. The zero-order valence-electron chi connectivity index (χ0n) is 9.99. The van der Waals surface area contributed by atoms with Gasteiger partial charge in [0.05, 0.1) is 0 Å². The number of anilines is 1. The van der Waals surface area contributed by atoms with E-state index in [0.29, 0.717) is 17.8 Å². The fourth-order valence-corrected chi connectivity index (χ4v) is 2.23. The quantitative estimate of drug-likeness (QED) is 0.824. The Labute approximate surface area is 110 Å². The van der Waals surface area contributed by atoms with E-state index in [9.17, 15) is 0 Å². The molecule has 0 aliphatic carbocycles. The van der Waals surface area contributed by atoms with Gasteiger partial charge >= 0.3 is 0 Å². The van der Waals surface area contributed by atoms with Crippen molar-refractivity contribution in [2.24, 2.45) is 5.92 Å². The van der Waals surface area contributed by atoms with E-state index in [-0.39, 0.29) is 5.28 Å². The van der Waals surface area contributed by atoms with Crippen molar-refractivity contribution < 1.29 is 0 Å². The molecule has 0 amide bonds. The summed E-state index contributed by atoms with van der Waals surface area (Å²) in [6, 6.07) is 1.81. The topological polar surface area (TPSA) is 59.7 Å². The minimum atomic E-state index is 0.199. The average Bonchev–Trinajstić information content (AvgIpc) is 2.98. The third-order valence-electron chi connectivity index (χ3n) is 3.00. The van der Waals surface area contributed by atoms with Gasteiger partial charge in [0.25, 0.3) is 5.95 Å². The third kappa shape index (κ3) is 2.15. The van der Waals surface area contributed by atoms with Crippen molar-refractivity contribution in [1.82, 2.24) is 24.7 Å². The predicted octanol–water partition coefficient (Wildman–Crippen LogP) is 1.56. The van der Waals surface area contributed by atoms with Gasteiger partial charge in [0.15, 0.2) is 0 Å². The van der Waals surface area contributed by atoms with Crippen LogP contribution in [0.5, 0.6) is 0 Å². The maximum absolute atomic E-state index is 5.95. The molecule has 0 N–H and O–H groups in total. The van der Waals surface area contributed by atoms with Crippen LogP contribution in [0.2, 0.25) is 5.28 Å². The van der Waals surface area contributed by atoms with Gasteiger partial charge < -0.3 is 4.90 Å². The molecule has 6 nitrogen and oxygen atoms in total. The smallest absolute Gasteiger partial charge is 0.256 e. The standard InChI is InChI=1S/C11H13ClN6/c1-8-3-6-17(7-8)10-14-9(12)15-11(16-10)18-5-2-4-13-18/h2,4-5,8H,3,6-7H2,1H3. The molecule has 1 atom stereocenters. The minimum absolute atomic E-state index is 0.199. The number of hydrogen-bond donors (Lipinski definition) is 0. The van der Waals surface area contributed by atoms with E-state index in [4.69, 9.17) is 11.6 Å². The van der Waals surface area contributed by atoms with E-state index in [2.05, 4.69) is 31.9 Å². The minimum Gasteiger partial charge on any atom is -0.340 e. The summed E-state index contributed by atoms with van der Waals surface area (Å²) in [5.74, 6) is 1.74. The molecule has 0 radical (unpaired) electrons. The molecule has 18 heavy (non-hydrogen) atoms. The van der Waals surface area contributed by atoms with Crippen molar-refractivity contribution >= 4 is 17.5 Å². The summed E-state index contributed by atoms with van der Waals surface area (Å²) in [7, 11) is 0. The molecule has 1 saturated heterocycles. The van der Waals surface area contributed by atoms with Crippen molar-refractivity contribution in [3.8, 4) is 5.95 Å². The number of rotatable bonds is 2. The summed E-state index contributed by atoms with van der Waals surface area (Å²) in [6.45, 7) is 4.14. The Kier molecular flexibility index (Phi) is 2.87. The lowest BCUT2D eigenvalue weighted by Crippen LogP contribution is -2.23. The van der Waals surface area contributed by atoms with Gasteiger partial charge in [0.1, 0.15) is 0 Å². The molecule has 2 aromatic heterocycles. The van der Waals surface area contributed by atoms with Crippen LogP contribution in [0.1, 0.15) is 13.3 Å². The summed E-state index contributed by atoms with van der Waals surface area (Å²) in [6.07, 6.45) is 4.61. The van der Waals surface area contributed by atoms with E-state index >= 15 is 0 Å². The molecular formula is C11H13ClN6. The van der Waals surface area contributed by atoms with Crippen LogP contribution in [0.15, 0.2) is 18.5 Å². The van der Waals surface area contributed by atoms with Crippen LogP contribution in [0, 0.1) is 5.92 Å². The van der Waals surface area contributed by atoms with E-state index in [1.807, 2.05) is 6.07 Å². The van der Waals surface area contributed by atoms with Crippen molar-refractivity contribution in [2.75, 3.05) is 18.0 Å². The Bertz CT molecular complexity index is 540. The van der Waals surface area contributed by atoms with Crippen LogP contribution in [0.25, 0.3) is 5.95 Å². The van der Waals surface area contributed by atoms with Gasteiger partial charge in [-0.05, 0) is 30.0 Å².